The first-order chi connectivity index (χ1) is 11.6. The molecule has 2 aromatic rings. The van der Waals surface area contributed by atoms with Crippen LogP contribution in [0, 0.1) is 0 Å². The number of carbonyl (C=O) groups is 2. The number of hydrogen-bond acceptors (Lipinski definition) is 4. The minimum atomic E-state index is -0.834. The van der Waals surface area contributed by atoms with Gasteiger partial charge in [-0.1, -0.05) is 42.5 Å². The minimum Gasteiger partial charge on any atom is -0.368 e. The second-order valence-electron chi connectivity index (χ2n) is 5.42. The number of primary amides is 1. The Balaban J connectivity index is 1.72. The van der Waals surface area contributed by atoms with E-state index in [-0.39, 0.29) is 5.91 Å². The van der Waals surface area contributed by atoms with Crippen molar-refractivity contribution < 1.29 is 9.59 Å². The monoisotopic (exact) mass is 358 g/mol. The summed E-state index contributed by atoms with van der Waals surface area (Å²) in [4.78, 5) is 24.1. The van der Waals surface area contributed by atoms with Gasteiger partial charge in [-0.3, -0.25) is 9.59 Å². The third kappa shape index (κ3) is 3.94. The molecule has 3 rings (SSSR count). The molecular formula is C18H18N2O2S2. The molecule has 24 heavy (non-hydrogen) atoms. The van der Waals surface area contributed by atoms with Gasteiger partial charge in [0.05, 0.1) is 4.58 Å². The van der Waals surface area contributed by atoms with E-state index in [1.165, 1.54) is 5.56 Å². The van der Waals surface area contributed by atoms with Gasteiger partial charge < -0.3 is 11.1 Å². The molecule has 1 aliphatic rings. The molecule has 2 aromatic carbocycles. The van der Waals surface area contributed by atoms with Crippen molar-refractivity contribution in [2.45, 2.75) is 10.6 Å². The van der Waals surface area contributed by atoms with Gasteiger partial charge in [-0.05, 0) is 23.3 Å². The maximum absolute atomic E-state index is 12.4. The Morgan fingerprint density at radius 2 is 1.62 bits per heavy atom. The van der Waals surface area contributed by atoms with Crippen molar-refractivity contribution in [3.63, 3.8) is 0 Å². The molecule has 2 amide bonds. The zero-order valence-corrected chi connectivity index (χ0v) is 14.6. The first-order valence-corrected chi connectivity index (χ1v) is 9.73. The summed E-state index contributed by atoms with van der Waals surface area (Å²) in [7, 11) is 0. The van der Waals surface area contributed by atoms with E-state index in [1.807, 2.05) is 53.9 Å². The van der Waals surface area contributed by atoms with E-state index >= 15 is 0 Å². The SMILES string of the molecule is NC(=O)C(NC(=O)c1ccc(C2SCCS2)cc1)c1ccccc1. The van der Waals surface area contributed by atoms with Gasteiger partial charge in [0.2, 0.25) is 5.91 Å². The largest absolute Gasteiger partial charge is 0.368 e. The molecule has 1 fully saturated rings. The lowest BCUT2D eigenvalue weighted by atomic mass is 10.1. The molecular weight excluding hydrogens is 340 g/mol. The molecule has 4 nitrogen and oxygen atoms in total. The lowest BCUT2D eigenvalue weighted by Crippen LogP contribution is -2.37. The highest BCUT2D eigenvalue weighted by Gasteiger charge is 2.22. The Labute approximate surface area is 149 Å². The Hall–Kier alpha value is -1.92. The van der Waals surface area contributed by atoms with Crippen LogP contribution in [0.15, 0.2) is 54.6 Å². The summed E-state index contributed by atoms with van der Waals surface area (Å²) in [6, 6.07) is 15.7. The average molecular weight is 358 g/mol. The summed E-state index contributed by atoms with van der Waals surface area (Å²) in [6.07, 6.45) is 0. The maximum Gasteiger partial charge on any atom is 0.252 e. The molecule has 1 unspecified atom stereocenters. The molecule has 0 aliphatic carbocycles. The van der Waals surface area contributed by atoms with E-state index < -0.39 is 11.9 Å². The zero-order valence-electron chi connectivity index (χ0n) is 13.0. The fraction of sp³-hybridized carbons (Fsp3) is 0.222. The van der Waals surface area contributed by atoms with E-state index in [1.54, 1.807) is 24.3 Å². The second kappa shape index (κ2) is 7.77. The number of nitrogens with one attached hydrogen (secondary N) is 1. The van der Waals surface area contributed by atoms with Crippen LogP contribution in [-0.4, -0.2) is 23.3 Å². The fourth-order valence-corrected chi connectivity index (χ4v) is 5.38. The first-order valence-electron chi connectivity index (χ1n) is 7.63. The second-order valence-corrected chi connectivity index (χ2v) is 8.14. The Bertz CT molecular complexity index is 714. The van der Waals surface area contributed by atoms with Crippen molar-refractivity contribution in [3.8, 4) is 0 Å². The van der Waals surface area contributed by atoms with Crippen LogP contribution in [-0.2, 0) is 4.79 Å². The van der Waals surface area contributed by atoms with Crippen molar-refractivity contribution >= 4 is 35.3 Å². The van der Waals surface area contributed by atoms with Crippen molar-refractivity contribution in [3.05, 3.63) is 71.3 Å². The van der Waals surface area contributed by atoms with Gasteiger partial charge in [0, 0.05) is 17.1 Å². The zero-order chi connectivity index (χ0) is 16.9. The Kier molecular flexibility index (Phi) is 5.48. The highest BCUT2D eigenvalue weighted by Crippen LogP contribution is 2.45. The topological polar surface area (TPSA) is 72.2 Å². The fourth-order valence-electron chi connectivity index (χ4n) is 2.52. The highest BCUT2D eigenvalue weighted by molar-refractivity contribution is 8.19. The standard InChI is InChI=1S/C18H18N2O2S2/c19-16(21)15(12-4-2-1-3-5-12)20-17(22)13-6-8-14(9-7-13)18-23-10-11-24-18/h1-9,15,18H,10-11H2,(H2,19,21)(H,20,22). The smallest absolute Gasteiger partial charge is 0.252 e. The van der Waals surface area contributed by atoms with Crippen molar-refractivity contribution in [2.75, 3.05) is 11.5 Å². The quantitative estimate of drug-likeness (QED) is 0.861. The summed E-state index contributed by atoms with van der Waals surface area (Å²) >= 11 is 3.85. The van der Waals surface area contributed by atoms with Crippen LogP contribution in [0.25, 0.3) is 0 Å². The molecule has 6 heteroatoms. The Morgan fingerprint density at radius 3 is 2.21 bits per heavy atom. The van der Waals surface area contributed by atoms with Gasteiger partial charge in [0.1, 0.15) is 6.04 Å². The predicted octanol–water partition coefficient (Wildman–Crippen LogP) is 3.12. The number of rotatable bonds is 5. The lowest BCUT2D eigenvalue weighted by molar-refractivity contribution is -0.120. The van der Waals surface area contributed by atoms with Crippen LogP contribution in [0.5, 0.6) is 0 Å². The normalized spacial score (nSPS) is 15.8. The van der Waals surface area contributed by atoms with Gasteiger partial charge in [-0.25, -0.2) is 0 Å². The number of amides is 2. The Morgan fingerprint density at radius 1 is 1.00 bits per heavy atom. The molecule has 0 aromatic heterocycles. The molecule has 124 valence electrons. The average Bonchev–Trinajstić information content (AvgIpc) is 3.15. The molecule has 0 saturated carbocycles. The molecule has 0 radical (unpaired) electrons. The van der Waals surface area contributed by atoms with Crippen LogP contribution < -0.4 is 11.1 Å². The molecule has 1 aliphatic heterocycles. The third-order valence-corrected chi connectivity index (χ3v) is 6.86. The highest BCUT2D eigenvalue weighted by atomic mass is 32.2. The summed E-state index contributed by atoms with van der Waals surface area (Å²) < 4.78 is 0.449. The number of carbonyl (C=O) groups excluding carboxylic acids is 2. The predicted molar refractivity (Wildman–Crippen MR) is 99.9 cm³/mol. The van der Waals surface area contributed by atoms with Gasteiger partial charge in [-0.15, -0.1) is 23.5 Å². The molecule has 1 atom stereocenters. The first kappa shape index (κ1) is 16.9. The molecule has 1 heterocycles. The molecule has 0 bridgehead atoms. The van der Waals surface area contributed by atoms with E-state index in [2.05, 4.69) is 5.32 Å². The van der Waals surface area contributed by atoms with E-state index in [9.17, 15) is 9.59 Å². The summed E-state index contributed by atoms with van der Waals surface area (Å²) in [5, 5.41) is 2.71. The van der Waals surface area contributed by atoms with Gasteiger partial charge in [0.15, 0.2) is 0 Å². The van der Waals surface area contributed by atoms with Crippen molar-refractivity contribution in [2.24, 2.45) is 5.73 Å². The van der Waals surface area contributed by atoms with Gasteiger partial charge in [0.25, 0.3) is 5.91 Å². The van der Waals surface area contributed by atoms with Gasteiger partial charge >= 0.3 is 0 Å². The minimum absolute atomic E-state index is 0.305. The van der Waals surface area contributed by atoms with Crippen LogP contribution >= 0.6 is 23.5 Å². The number of nitrogens with two attached hydrogens (primary N) is 1. The summed E-state index contributed by atoms with van der Waals surface area (Å²) in [5.74, 6) is 1.44. The number of thioether (sulfide) groups is 2. The number of hydrogen-bond donors (Lipinski definition) is 2. The molecule has 0 spiro atoms. The van der Waals surface area contributed by atoms with Crippen LogP contribution in [0.3, 0.4) is 0 Å². The molecule has 3 N–H and O–H groups in total. The van der Waals surface area contributed by atoms with Crippen molar-refractivity contribution in [1.29, 1.82) is 0 Å². The molecule has 1 saturated heterocycles. The van der Waals surface area contributed by atoms with Crippen LogP contribution in [0.4, 0.5) is 0 Å². The van der Waals surface area contributed by atoms with E-state index in [0.717, 1.165) is 11.5 Å². The number of benzene rings is 2. The van der Waals surface area contributed by atoms with Gasteiger partial charge in [-0.2, -0.15) is 0 Å². The lowest BCUT2D eigenvalue weighted by Gasteiger charge is -2.16. The summed E-state index contributed by atoms with van der Waals surface area (Å²) in [6.45, 7) is 0. The third-order valence-electron chi connectivity index (χ3n) is 3.76. The van der Waals surface area contributed by atoms with Crippen LogP contribution in [0.1, 0.15) is 32.1 Å². The van der Waals surface area contributed by atoms with Crippen molar-refractivity contribution in [1.82, 2.24) is 5.32 Å². The van der Waals surface area contributed by atoms with E-state index in [0.29, 0.717) is 15.7 Å². The van der Waals surface area contributed by atoms with E-state index in [4.69, 9.17) is 5.73 Å². The maximum atomic E-state index is 12.4. The van der Waals surface area contributed by atoms with Crippen LogP contribution in [0.2, 0.25) is 0 Å². The summed E-state index contributed by atoms with van der Waals surface area (Å²) in [5.41, 5.74) is 7.86.